The smallest absolute Gasteiger partial charge is 0.227 e. The van der Waals surface area contributed by atoms with Crippen LogP contribution in [0.15, 0.2) is 0 Å². The second-order valence-corrected chi connectivity index (χ2v) is 6.03. The third-order valence-electron chi connectivity index (χ3n) is 4.59. The van der Waals surface area contributed by atoms with E-state index < -0.39 is 0 Å². The molecule has 5 nitrogen and oxygen atoms in total. The molecule has 0 radical (unpaired) electrons. The van der Waals surface area contributed by atoms with Gasteiger partial charge in [-0.2, -0.15) is 0 Å². The highest BCUT2D eigenvalue weighted by Crippen LogP contribution is 2.23. The number of nitrogens with one attached hydrogen (secondary N) is 1. The second-order valence-electron chi connectivity index (χ2n) is 6.03. The molecule has 2 rings (SSSR count). The van der Waals surface area contributed by atoms with Gasteiger partial charge in [0, 0.05) is 19.1 Å². The highest BCUT2D eigenvalue weighted by atomic mass is 16.3. The van der Waals surface area contributed by atoms with Crippen LogP contribution in [0.4, 0.5) is 0 Å². The van der Waals surface area contributed by atoms with Crippen molar-refractivity contribution in [3.63, 3.8) is 0 Å². The van der Waals surface area contributed by atoms with Crippen LogP contribution < -0.4 is 5.32 Å². The lowest BCUT2D eigenvalue weighted by Crippen LogP contribution is -2.50. The van der Waals surface area contributed by atoms with E-state index >= 15 is 0 Å². The van der Waals surface area contributed by atoms with Crippen molar-refractivity contribution in [3.05, 3.63) is 0 Å². The number of rotatable bonds is 4. The molecule has 2 aliphatic rings. The van der Waals surface area contributed by atoms with E-state index in [9.17, 15) is 9.90 Å². The third-order valence-corrected chi connectivity index (χ3v) is 4.59. The molecule has 0 aromatic heterocycles. The molecule has 2 N–H and O–H groups in total. The molecule has 0 unspecified atom stereocenters. The van der Waals surface area contributed by atoms with Crippen molar-refractivity contribution in [3.8, 4) is 0 Å². The molecule has 2 atom stereocenters. The predicted molar refractivity (Wildman–Crippen MR) is 74.8 cm³/mol. The second kappa shape index (κ2) is 6.68. The number of carbonyl (C=O) groups is 1. The van der Waals surface area contributed by atoms with Gasteiger partial charge >= 0.3 is 0 Å². The number of carbonyl (C=O) groups excluding carboxylic acids is 1. The van der Waals surface area contributed by atoms with Crippen LogP contribution in [-0.2, 0) is 4.79 Å². The maximum Gasteiger partial charge on any atom is 0.227 e. The fourth-order valence-corrected chi connectivity index (χ4v) is 3.24. The first-order valence-corrected chi connectivity index (χ1v) is 7.44. The van der Waals surface area contributed by atoms with Crippen molar-refractivity contribution in [2.75, 3.05) is 46.4 Å². The predicted octanol–water partition coefficient (Wildman–Crippen LogP) is -0.243. The van der Waals surface area contributed by atoms with Crippen molar-refractivity contribution in [2.45, 2.75) is 25.8 Å². The number of hydrogen-bond acceptors (Lipinski definition) is 4. The Morgan fingerprint density at radius 2 is 2.05 bits per heavy atom. The highest BCUT2D eigenvalue weighted by Gasteiger charge is 2.35. The van der Waals surface area contributed by atoms with E-state index in [0.717, 1.165) is 39.0 Å². The summed E-state index contributed by atoms with van der Waals surface area (Å²) in [6.07, 6.45) is 2.05. The monoisotopic (exact) mass is 269 g/mol. The van der Waals surface area contributed by atoms with Crippen molar-refractivity contribution in [2.24, 2.45) is 11.8 Å². The number of piperidine rings is 1. The lowest BCUT2D eigenvalue weighted by atomic mass is 9.94. The van der Waals surface area contributed by atoms with Gasteiger partial charge in [-0.1, -0.05) is 6.92 Å². The average Bonchev–Trinajstić information content (AvgIpc) is 2.83. The minimum absolute atomic E-state index is 0.0621. The van der Waals surface area contributed by atoms with Gasteiger partial charge in [0.2, 0.25) is 5.91 Å². The molecule has 0 aromatic rings. The van der Waals surface area contributed by atoms with Gasteiger partial charge in [-0.3, -0.25) is 4.79 Å². The zero-order valence-corrected chi connectivity index (χ0v) is 12.1. The SMILES string of the molecule is C[C@@H]1CNC[C@H]1C(=O)N(CCO)C1CCN(C)CC1. The van der Waals surface area contributed by atoms with Crippen LogP contribution in [0.5, 0.6) is 0 Å². The van der Waals surface area contributed by atoms with Crippen LogP contribution in [0.2, 0.25) is 0 Å². The minimum atomic E-state index is 0.0621. The number of aliphatic hydroxyl groups is 1. The van der Waals surface area contributed by atoms with Crippen LogP contribution in [0.25, 0.3) is 0 Å². The van der Waals surface area contributed by atoms with Crippen molar-refractivity contribution < 1.29 is 9.90 Å². The quantitative estimate of drug-likeness (QED) is 0.739. The van der Waals surface area contributed by atoms with Gasteiger partial charge in [-0.15, -0.1) is 0 Å². The molecule has 0 bridgehead atoms. The summed E-state index contributed by atoms with van der Waals surface area (Å²) in [4.78, 5) is 16.9. The van der Waals surface area contributed by atoms with Gasteiger partial charge in [0.25, 0.3) is 0 Å². The number of likely N-dealkylation sites (tertiary alicyclic amines) is 1. The fourth-order valence-electron chi connectivity index (χ4n) is 3.24. The van der Waals surface area contributed by atoms with E-state index in [1.807, 2.05) is 4.90 Å². The summed E-state index contributed by atoms with van der Waals surface area (Å²) in [6.45, 7) is 6.47. The third kappa shape index (κ3) is 3.46. The summed E-state index contributed by atoms with van der Waals surface area (Å²) in [5, 5.41) is 12.5. The Labute approximate surface area is 115 Å². The fraction of sp³-hybridized carbons (Fsp3) is 0.929. The summed E-state index contributed by atoms with van der Waals surface area (Å²) >= 11 is 0. The number of amides is 1. The Morgan fingerprint density at radius 3 is 2.58 bits per heavy atom. The zero-order valence-electron chi connectivity index (χ0n) is 12.1. The van der Waals surface area contributed by atoms with E-state index in [1.165, 1.54) is 0 Å². The van der Waals surface area contributed by atoms with Crippen molar-refractivity contribution in [1.82, 2.24) is 15.1 Å². The van der Waals surface area contributed by atoms with Gasteiger partial charge in [0.05, 0.1) is 12.5 Å². The molecule has 2 saturated heterocycles. The molecule has 0 spiro atoms. The van der Waals surface area contributed by atoms with E-state index in [-0.39, 0.29) is 18.4 Å². The molecule has 2 aliphatic heterocycles. The van der Waals surface area contributed by atoms with Gasteiger partial charge in [0.1, 0.15) is 0 Å². The molecule has 19 heavy (non-hydrogen) atoms. The maximum atomic E-state index is 12.7. The molecule has 0 saturated carbocycles. The summed E-state index contributed by atoms with van der Waals surface area (Å²) in [6, 6.07) is 0.309. The van der Waals surface area contributed by atoms with Gasteiger partial charge in [-0.05, 0) is 45.4 Å². The molecular weight excluding hydrogens is 242 g/mol. The minimum Gasteiger partial charge on any atom is -0.395 e. The molecule has 0 aromatic carbocycles. The topological polar surface area (TPSA) is 55.8 Å². The molecule has 1 amide bonds. The Hall–Kier alpha value is -0.650. The first-order chi connectivity index (χ1) is 9.13. The average molecular weight is 269 g/mol. The maximum absolute atomic E-state index is 12.7. The zero-order chi connectivity index (χ0) is 13.8. The first kappa shape index (κ1) is 14.8. The number of nitrogens with zero attached hydrogens (tertiary/aromatic N) is 2. The van der Waals surface area contributed by atoms with E-state index in [0.29, 0.717) is 18.5 Å². The molecule has 2 fully saturated rings. The molecular formula is C14H27N3O2. The van der Waals surface area contributed by atoms with Gasteiger partial charge in [0.15, 0.2) is 0 Å². The normalized spacial score (nSPS) is 29.6. The molecule has 0 aliphatic carbocycles. The Balaban J connectivity index is 2.00. The highest BCUT2D eigenvalue weighted by molar-refractivity contribution is 5.80. The van der Waals surface area contributed by atoms with E-state index in [2.05, 4.69) is 24.2 Å². The molecule has 5 heteroatoms. The Morgan fingerprint density at radius 1 is 1.37 bits per heavy atom. The van der Waals surface area contributed by atoms with Crippen LogP contribution in [0.3, 0.4) is 0 Å². The lowest BCUT2D eigenvalue weighted by Gasteiger charge is -2.38. The molecule has 110 valence electrons. The largest absolute Gasteiger partial charge is 0.395 e. The van der Waals surface area contributed by atoms with Gasteiger partial charge < -0.3 is 20.2 Å². The number of hydrogen-bond donors (Lipinski definition) is 2. The van der Waals surface area contributed by atoms with Crippen molar-refractivity contribution in [1.29, 1.82) is 0 Å². The Kier molecular flexibility index (Phi) is 5.19. The summed E-state index contributed by atoms with van der Waals surface area (Å²) in [7, 11) is 2.12. The molecule has 2 heterocycles. The first-order valence-electron chi connectivity index (χ1n) is 7.44. The van der Waals surface area contributed by atoms with Crippen LogP contribution >= 0.6 is 0 Å². The van der Waals surface area contributed by atoms with Crippen LogP contribution in [0, 0.1) is 11.8 Å². The number of aliphatic hydroxyl groups excluding tert-OH is 1. The van der Waals surface area contributed by atoms with Crippen LogP contribution in [0.1, 0.15) is 19.8 Å². The van der Waals surface area contributed by atoms with Crippen molar-refractivity contribution >= 4 is 5.91 Å². The standard InChI is InChI=1S/C14H27N3O2/c1-11-9-15-10-13(11)14(19)17(7-8-18)12-3-5-16(2)6-4-12/h11-13,15,18H,3-10H2,1-2H3/t11-,13-/m1/s1. The summed E-state index contributed by atoms with van der Waals surface area (Å²) in [5.41, 5.74) is 0. The lowest BCUT2D eigenvalue weighted by molar-refractivity contribution is -0.140. The van der Waals surface area contributed by atoms with E-state index in [4.69, 9.17) is 0 Å². The van der Waals surface area contributed by atoms with E-state index in [1.54, 1.807) is 0 Å². The van der Waals surface area contributed by atoms with Gasteiger partial charge in [-0.25, -0.2) is 0 Å². The van der Waals surface area contributed by atoms with Crippen LogP contribution in [-0.4, -0.2) is 73.2 Å². The Bertz CT molecular complexity index is 303. The summed E-state index contributed by atoms with van der Waals surface area (Å²) in [5.74, 6) is 0.729. The summed E-state index contributed by atoms with van der Waals surface area (Å²) < 4.78 is 0.